The zero-order valence-electron chi connectivity index (χ0n) is 13.8. The second-order valence-corrected chi connectivity index (χ2v) is 5.71. The Bertz CT molecular complexity index is 601. The Hall–Kier alpha value is -1.60. The van der Waals surface area contributed by atoms with Crippen LogP contribution in [-0.2, 0) is 25.8 Å². The summed E-state index contributed by atoms with van der Waals surface area (Å²) in [6, 6.07) is 11.4. The summed E-state index contributed by atoms with van der Waals surface area (Å²) in [4.78, 5) is 0. The van der Waals surface area contributed by atoms with Crippen LogP contribution in [-0.4, -0.2) is 0 Å². The van der Waals surface area contributed by atoms with Crippen molar-refractivity contribution in [1.29, 1.82) is 0 Å². The van der Waals surface area contributed by atoms with Crippen molar-refractivity contribution >= 4 is 0 Å². The van der Waals surface area contributed by atoms with E-state index in [1.165, 1.54) is 38.9 Å². The highest BCUT2D eigenvalue weighted by Gasteiger charge is 2.14. The molecule has 21 heavy (non-hydrogen) atoms. The maximum atomic E-state index is 5.98. The highest BCUT2D eigenvalue weighted by atomic mass is 14.5. The predicted octanol–water partition coefficient (Wildman–Crippen LogP) is 4.81. The number of hydrogen-bond donors (Lipinski definition) is 1. The van der Waals surface area contributed by atoms with Crippen LogP contribution in [0, 0.1) is 6.92 Å². The molecule has 0 spiro atoms. The molecule has 1 heteroatoms. The maximum absolute atomic E-state index is 5.98. The van der Waals surface area contributed by atoms with Gasteiger partial charge in [-0.25, -0.2) is 0 Å². The summed E-state index contributed by atoms with van der Waals surface area (Å²) in [5.74, 6) is 0. The SMILES string of the molecule is CCc1cc(CC)c(-c2cc(C)ccc2CN)c(CC)c1. The molecule has 0 aliphatic heterocycles. The summed E-state index contributed by atoms with van der Waals surface area (Å²) in [5, 5.41) is 0. The quantitative estimate of drug-likeness (QED) is 0.836. The number of hydrogen-bond acceptors (Lipinski definition) is 1. The average molecular weight is 281 g/mol. The molecule has 0 saturated heterocycles. The topological polar surface area (TPSA) is 26.0 Å². The predicted molar refractivity (Wildman–Crippen MR) is 92.6 cm³/mol. The van der Waals surface area contributed by atoms with Crippen molar-refractivity contribution in [2.75, 3.05) is 0 Å². The molecule has 0 atom stereocenters. The van der Waals surface area contributed by atoms with Crippen molar-refractivity contribution in [3.8, 4) is 11.1 Å². The van der Waals surface area contributed by atoms with Crippen LogP contribution in [0.2, 0.25) is 0 Å². The molecular weight excluding hydrogens is 254 g/mol. The lowest BCUT2D eigenvalue weighted by Crippen LogP contribution is -2.04. The molecule has 0 bridgehead atoms. The van der Waals surface area contributed by atoms with Crippen LogP contribution in [0.5, 0.6) is 0 Å². The first-order chi connectivity index (χ1) is 10.1. The van der Waals surface area contributed by atoms with E-state index in [0.717, 1.165) is 19.3 Å². The third-order valence-electron chi connectivity index (χ3n) is 4.29. The Morgan fingerprint density at radius 3 is 1.90 bits per heavy atom. The molecule has 112 valence electrons. The largest absolute Gasteiger partial charge is 0.326 e. The molecule has 0 saturated carbocycles. The summed E-state index contributed by atoms with van der Waals surface area (Å²) in [6.45, 7) is 9.47. The second kappa shape index (κ2) is 6.91. The lowest BCUT2D eigenvalue weighted by atomic mass is 9.86. The fraction of sp³-hybridized carbons (Fsp3) is 0.400. The van der Waals surface area contributed by atoms with Gasteiger partial charge in [-0.1, -0.05) is 56.7 Å². The summed E-state index contributed by atoms with van der Waals surface area (Å²) >= 11 is 0. The maximum Gasteiger partial charge on any atom is 0.0184 e. The monoisotopic (exact) mass is 281 g/mol. The fourth-order valence-corrected chi connectivity index (χ4v) is 3.05. The lowest BCUT2D eigenvalue weighted by Gasteiger charge is -2.19. The summed E-state index contributed by atoms with van der Waals surface area (Å²) < 4.78 is 0. The third kappa shape index (κ3) is 3.19. The van der Waals surface area contributed by atoms with E-state index < -0.39 is 0 Å². The van der Waals surface area contributed by atoms with Gasteiger partial charge in [-0.05, 0) is 59.6 Å². The molecule has 2 N–H and O–H groups in total. The molecule has 0 aliphatic rings. The van der Waals surface area contributed by atoms with E-state index in [0.29, 0.717) is 6.54 Å². The molecular formula is C20H27N. The molecule has 1 nitrogen and oxygen atoms in total. The van der Waals surface area contributed by atoms with Gasteiger partial charge in [-0.3, -0.25) is 0 Å². The molecule has 2 rings (SSSR count). The van der Waals surface area contributed by atoms with Crippen molar-refractivity contribution in [2.45, 2.75) is 53.5 Å². The van der Waals surface area contributed by atoms with E-state index in [2.05, 4.69) is 58.0 Å². The fourth-order valence-electron chi connectivity index (χ4n) is 3.05. The Balaban J connectivity index is 2.75. The van der Waals surface area contributed by atoms with Gasteiger partial charge in [0.25, 0.3) is 0 Å². The van der Waals surface area contributed by atoms with Gasteiger partial charge in [-0.15, -0.1) is 0 Å². The molecule has 2 aromatic rings. The van der Waals surface area contributed by atoms with Crippen LogP contribution < -0.4 is 5.73 Å². The molecule has 0 aromatic heterocycles. The Morgan fingerprint density at radius 1 is 0.810 bits per heavy atom. The van der Waals surface area contributed by atoms with E-state index >= 15 is 0 Å². The van der Waals surface area contributed by atoms with Crippen LogP contribution in [0.25, 0.3) is 11.1 Å². The molecule has 0 aliphatic carbocycles. The Labute approximate surface area is 129 Å². The van der Waals surface area contributed by atoms with Gasteiger partial charge in [0.1, 0.15) is 0 Å². The van der Waals surface area contributed by atoms with E-state index in [4.69, 9.17) is 5.73 Å². The standard InChI is InChI=1S/C20H27N/c1-5-15-11-16(6-2)20(17(7-3)12-15)19-10-14(4)8-9-18(19)13-21/h8-12H,5-7,13,21H2,1-4H3. The first-order valence-electron chi connectivity index (χ1n) is 8.09. The van der Waals surface area contributed by atoms with Gasteiger partial charge in [0.05, 0.1) is 0 Å². The summed E-state index contributed by atoms with van der Waals surface area (Å²) in [7, 11) is 0. The molecule has 0 amide bonds. The number of nitrogens with two attached hydrogens (primary N) is 1. The van der Waals surface area contributed by atoms with Crippen LogP contribution >= 0.6 is 0 Å². The minimum absolute atomic E-state index is 0.595. The minimum Gasteiger partial charge on any atom is -0.326 e. The highest BCUT2D eigenvalue weighted by molar-refractivity contribution is 5.75. The number of rotatable bonds is 5. The Kier molecular flexibility index (Phi) is 5.19. The van der Waals surface area contributed by atoms with Crippen molar-refractivity contribution in [3.63, 3.8) is 0 Å². The number of benzene rings is 2. The summed E-state index contributed by atoms with van der Waals surface area (Å²) in [5.41, 5.74) is 15.6. The van der Waals surface area contributed by atoms with Gasteiger partial charge in [-0.2, -0.15) is 0 Å². The first kappa shape index (κ1) is 15.8. The molecule has 0 heterocycles. The van der Waals surface area contributed by atoms with Gasteiger partial charge in [0.2, 0.25) is 0 Å². The van der Waals surface area contributed by atoms with E-state index in [1.807, 2.05) is 0 Å². The van der Waals surface area contributed by atoms with Crippen molar-refractivity contribution in [3.05, 3.63) is 58.1 Å². The van der Waals surface area contributed by atoms with Crippen molar-refractivity contribution in [1.82, 2.24) is 0 Å². The van der Waals surface area contributed by atoms with Gasteiger partial charge < -0.3 is 5.73 Å². The molecule has 0 fully saturated rings. The van der Waals surface area contributed by atoms with Crippen molar-refractivity contribution < 1.29 is 0 Å². The molecule has 0 unspecified atom stereocenters. The molecule has 2 aromatic carbocycles. The zero-order valence-corrected chi connectivity index (χ0v) is 13.8. The van der Waals surface area contributed by atoms with Gasteiger partial charge in [0.15, 0.2) is 0 Å². The normalized spacial score (nSPS) is 10.9. The van der Waals surface area contributed by atoms with Gasteiger partial charge in [0, 0.05) is 6.54 Å². The van der Waals surface area contributed by atoms with Gasteiger partial charge >= 0.3 is 0 Å². The molecule has 0 radical (unpaired) electrons. The van der Waals surface area contributed by atoms with E-state index in [9.17, 15) is 0 Å². The minimum atomic E-state index is 0.595. The first-order valence-corrected chi connectivity index (χ1v) is 8.09. The van der Waals surface area contributed by atoms with Crippen LogP contribution in [0.1, 0.15) is 48.6 Å². The average Bonchev–Trinajstić information content (AvgIpc) is 2.53. The van der Waals surface area contributed by atoms with Crippen LogP contribution in [0.4, 0.5) is 0 Å². The van der Waals surface area contributed by atoms with E-state index in [-0.39, 0.29) is 0 Å². The zero-order chi connectivity index (χ0) is 15.4. The smallest absolute Gasteiger partial charge is 0.0184 e. The second-order valence-electron chi connectivity index (χ2n) is 5.71. The van der Waals surface area contributed by atoms with Crippen LogP contribution in [0.3, 0.4) is 0 Å². The van der Waals surface area contributed by atoms with Crippen molar-refractivity contribution in [2.24, 2.45) is 5.73 Å². The number of aryl methyl sites for hydroxylation is 4. The summed E-state index contributed by atoms with van der Waals surface area (Å²) in [6.07, 6.45) is 3.22. The third-order valence-corrected chi connectivity index (χ3v) is 4.29. The Morgan fingerprint density at radius 2 is 1.43 bits per heavy atom. The highest BCUT2D eigenvalue weighted by Crippen LogP contribution is 2.33. The lowest BCUT2D eigenvalue weighted by molar-refractivity contribution is 1.03. The van der Waals surface area contributed by atoms with Crippen LogP contribution in [0.15, 0.2) is 30.3 Å². The van der Waals surface area contributed by atoms with E-state index in [1.54, 1.807) is 0 Å².